The summed E-state index contributed by atoms with van der Waals surface area (Å²) >= 11 is 0. The number of likely N-dealkylation sites (tertiary alicyclic amines) is 1. The standard InChI is InChI=1S/C17H22F2N2O2/c1-15(2,3)23-14(22)21-9-8-16(13(10-21)17(16,18)19)11-4-6-12(20)7-5-11/h4-7,13H,8-10,20H2,1-3H3/t13-,16-/m1/s1. The molecule has 1 saturated heterocycles. The van der Waals surface area contributed by atoms with Crippen LogP contribution in [0.3, 0.4) is 0 Å². The maximum atomic E-state index is 14.5. The van der Waals surface area contributed by atoms with E-state index in [0.717, 1.165) is 0 Å². The molecule has 1 aliphatic carbocycles. The number of nitrogens with two attached hydrogens (primary N) is 1. The lowest BCUT2D eigenvalue weighted by atomic mass is 9.87. The van der Waals surface area contributed by atoms with Gasteiger partial charge in [0.1, 0.15) is 5.60 Å². The van der Waals surface area contributed by atoms with Crippen molar-refractivity contribution >= 4 is 11.8 Å². The van der Waals surface area contributed by atoms with Crippen LogP contribution in [0, 0.1) is 5.92 Å². The van der Waals surface area contributed by atoms with Crippen molar-refractivity contribution in [3.63, 3.8) is 0 Å². The lowest BCUT2D eigenvalue weighted by molar-refractivity contribution is 0.0195. The molecular formula is C17H22F2N2O2. The van der Waals surface area contributed by atoms with Crippen LogP contribution in [-0.2, 0) is 10.2 Å². The zero-order valence-electron chi connectivity index (χ0n) is 13.6. The van der Waals surface area contributed by atoms with Gasteiger partial charge in [-0.1, -0.05) is 12.1 Å². The predicted molar refractivity (Wildman–Crippen MR) is 83.4 cm³/mol. The first-order valence-electron chi connectivity index (χ1n) is 7.80. The quantitative estimate of drug-likeness (QED) is 0.805. The topological polar surface area (TPSA) is 55.6 Å². The number of piperidine rings is 1. The molecule has 0 aromatic heterocycles. The third kappa shape index (κ3) is 2.44. The Morgan fingerprint density at radius 1 is 1.30 bits per heavy atom. The van der Waals surface area contributed by atoms with E-state index in [9.17, 15) is 13.6 Å². The van der Waals surface area contributed by atoms with Crippen LogP contribution >= 0.6 is 0 Å². The van der Waals surface area contributed by atoms with Gasteiger partial charge in [0.2, 0.25) is 0 Å². The van der Waals surface area contributed by atoms with Gasteiger partial charge >= 0.3 is 6.09 Å². The van der Waals surface area contributed by atoms with Gasteiger partial charge in [-0.25, -0.2) is 13.6 Å². The van der Waals surface area contributed by atoms with E-state index in [1.807, 2.05) is 0 Å². The molecule has 1 aliphatic heterocycles. The Morgan fingerprint density at radius 2 is 1.91 bits per heavy atom. The molecule has 0 spiro atoms. The molecule has 1 saturated carbocycles. The summed E-state index contributed by atoms with van der Waals surface area (Å²) < 4.78 is 34.3. The van der Waals surface area contributed by atoms with Crippen molar-refractivity contribution in [3.05, 3.63) is 29.8 Å². The number of hydrogen-bond donors (Lipinski definition) is 1. The number of nitrogens with zero attached hydrogens (tertiary/aromatic N) is 1. The molecule has 4 nitrogen and oxygen atoms in total. The molecule has 2 N–H and O–H groups in total. The first-order chi connectivity index (χ1) is 10.6. The fourth-order valence-electron chi connectivity index (χ4n) is 3.58. The van der Waals surface area contributed by atoms with Crippen molar-refractivity contribution in [2.24, 2.45) is 5.92 Å². The van der Waals surface area contributed by atoms with Gasteiger partial charge in [-0.2, -0.15) is 0 Å². The van der Waals surface area contributed by atoms with Crippen LogP contribution < -0.4 is 5.73 Å². The Bertz CT molecular complexity index is 624. The number of nitrogen functional groups attached to an aromatic ring is 1. The number of fused-ring (bicyclic) bond motifs is 1. The van der Waals surface area contributed by atoms with Gasteiger partial charge in [0.25, 0.3) is 5.92 Å². The summed E-state index contributed by atoms with van der Waals surface area (Å²) in [6, 6.07) is 6.64. The van der Waals surface area contributed by atoms with Gasteiger partial charge in [0.15, 0.2) is 0 Å². The zero-order chi connectivity index (χ0) is 17.0. The van der Waals surface area contributed by atoms with Gasteiger partial charge in [-0.05, 0) is 44.9 Å². The van der Waals surface area contributed by atoms with E-state index < -0.39 is 28.9 Å². The Balaban J connectivity index is 1.78. The van der Waals surface area contributed by atoms with Crippen molar-refractivity contribution in [1.29, 1.82) is 0 Å². The number of benzene rings is 1. The Kier molecular flexibility index (Phi) is 3.36. The number of alkyl halides is 2. The van der Waals surface area contributed by atoms with E-state index in [2.05, 4.69) is 0 Å². The second-order valence-corrected chi connectivity index (χ2v) is 7.45. The maximum Gasteiger partial charge on any atom is 0.410 e. The highest BCUT2D eigenvalue weighted by molar-refractivity contribution is 5.69. The van der Waals surface area contributed by atoms with Crippen LogP contribution in [0.5, 0.6) is 0 Å². The van der Waals surface area contributed by atoms with E-state index >= 15 is 0 Å². The highest BCUT2D eigenvalue weighted by Gasteiger charge is 2.82. The summed E-state index contributed by atoms with van der Waals surface area (Å²) in [6.45, 7) is 5.58. The number of rotatable bonds is 1. The van der Waals surface area contributed by atoms with E-state index in [0.29, 0.717) is 11.3 Å². The third-order valence-electron chi connectivity index (χ3n) is 4.80. The average Bonchev–Trinajstić information content (AvgIpc) is 2.95. The summed E-state index contributed by atoms with van der Waals surface area (Å²) in [7, 11) is 0. The molecule has 0 bridgehead atoms. The third-order valence-corrected chi connectivity index (χ3v) is 4.80. The van der Waals surface area contributed by atoms with E-state index in [1.165, 1.54) is 4.90 Å². The van der Waals surface area contributed by atoms with Gasteiger partial charge in [0.05, 0.1) is 11.3 Å². The summed E-state index contributed by atoms with van der Waals surface area (Å²) in [6.07, 6.45) is -0.292. The minimum atomic E-state index is -2.81. The lowest BCUT2D eigenvalue weighted by Gasteiger charge is -2.32. The van der Waals surface area contributed by atoms with Crippen molar-refractivity contribution in [1.82, 2.24) is 4.90 Å². The molecule has 0 radical (unpaired) electrons. The molecule has 1 heterocycles. The first-order valence-corrected chi connectivity index (χ1v) is 7.80. The Hall–Kier alpha value is -1.85. The average molecular weight is 324 g/mol. The number of amides is 1. The Morgan fingerprint density at radius 3 is 2.43 bits per heavy atom. The molecule has 2 atom stereocenters. The molecule has 1 amide bonds. The van der Waals surface area contributed by atoms with E-state index in [-0.39, 0.29) is 19.5 Å². The second-order valence-electron chi connectivity index (χ2n) is 7.45. The molecular weight excluding hydrogens is 302 g/mol. The fraction of sp³-hybridized carbons (Fsp3) is 0.588. The minimum Gasteiger partial charge on any atom is -0.444 e. The molecule has 23 heavy (non-hydrogen) atoms. The van der Waals surface area contributed by atoms with Crippen LogP contribution in [0.15, 0.2) is 24.3 Å². The molecule has 6 heteroatoms. The molecule has 1 aromatic rings. The van der Waals surface area contributed by atoms with Crippen LogP contribution in [0.2, 0.25) is 0 Å². The van der Waals surface area contributed by atoms with E-state index in [1.54, 1.807) is 45.0 Å². The first kappa shape index (κ1) is 16.0. The monoisotopic (exact) mass is 324 g/mol. The summed E-state index contributed by atoms with van der Waals surface area (Å²) in [5, 5.41) is 0. The SMILES string of the molecule is CC(C)(C)OC(=O)N1CC[C@@]2(c3ccc(N)cc3)[C@@H](C1)C2(F)F. The normalized spacial score (nSPS) is 28.9. The molecule has 0 unspecified atom stereocenters. The van der Waals surface area contributed by atoms with Crippen LogP contribution in [0.25, 0.3) is 0 Å². The highest BCUT2D eigenvalue weighted by Crippen LogP contribution is 2.70. The zero-order valence-corrected chi connectivity index (χ0v) is 13.6. The highest BCUT2D eigenvalue weighted by atomic mass is 19.3. The number of hydrogen-bond acceptors (Lipinski definition) is 3. The van der Waals surface area contributed by atoms with E-state index in [4.69, 9.17) is 10.5 Å². The van der Waals surface area contributed by atoms with Crippen LogP contribution in [0.1, 0.15) is 32.8 Å². The van der Waals surface area contributed by atoms with Gasteiger partial charge in [-0.15, -0.1) is 0 Å². The summed E-state index contributed by atoms with van der Waals surface area (Å²) in [4.78, 5) is 13.5. The largest absolute Gasteiger partial charge is 0.444 e. The second kappa shape index (κ2) is 4.82. The summed E-state index contributed by atoms with van der Waals surface area (Å²) in [5.41, 5.74) is 5.00. The molecule has 3 rings (SSSR count). The molecule has 2 aliphatic rings. The molecule has 2 fully saturated rings. The number of carbonyl (C=O) groups is 1. The smallest absolute Gasteiger partial charge is 0.410 e. The van der Waals surface area contributed by atoms with Gasteiger partial charge in [-0.3, -0.25) is 0 Å². The van der Waals surface area contributed by atoms with Crippen molar-refractivity contribution in [2.75, 3.05) is 18.8 Å². The lowest BCUT2D eigenvalue weighted by Crippen LogP contribution is -2.43. The van der Waals surface area contributed by atoms with Gasteiger partial charge < -0.3 is 15.4 Å². The Labute approximate surface area is 134 Å². The van der Waals surface area contributed by atoms with Crippen molar-refractivity contribution in [3.8, 4) is 0 Å². The summed E-state index contributed by atoms with van der Waals surface area (Å²) in [5.74, 6) is -3.67. The number of anilines is 1. The number of halogens is 2. The van der Waals surface area contributed by atoms with Gasteiger partial charge in [0, 0.05) is 18.8 Å². The van der Waals surface area contributed by atoms with Crippen molar-refractivity contribution in [2.45, 2.75) is 44.1 Å². The van der Waals surface area contributed by atoms with Crippen LogP contribution in [-0.4, -0.2) is 35.6 Å². The predicted octanol–water partition coefficient (Wildman–Crippen LogP) is 3.41. The maximum absolute atomic E-state index is 14.5. The van der Waals surface area contributed by atoms with Crippen LogP contribution in [0.4, 0.5) is 19.3 Å². The van der Waals surface area contributed by atoms with Crippen molar-refractivity contribution < 1.29 is 18.3 Å². The minimum absolute atomic E-state index is 0.0201. The molecule has 1 aromatic carbocycles. The number of carbonyl (C=O) groups excluding carboxylic acids is 1. The number of ether oxygens (including phenoxy) is 1. The molecule has 126 valence electrons. The fourth-order valence-corrected chi connectivity index (χ4v) is 3.58.